The van der Waals surface area contributed by atoms with Gasteiger partial charge >= 0.3 is 13.6 Å². The molecule has 272 valence electrons. The van der Waals surface area contributed by atoms with Gasteiger partial charge in [0, 0.05) is 38.3 Å². The van der Waals surface area contributed by atoms with Gasteiger partial charge in [0.15, 0.2) is 0 Å². The average Bonchev–Trinajstić information content (AvgIpc) is 3.28. The van der Waals surface area contributed by atoms with E-state index in [-0.39, 0.29) is 67.7 Å². The maximum atomic E-state index is 13.2. The highest BCUT2D eigenvalue weighted by Gasteiger charge is 2.39. The molecule has 0 spiro atoms. The molecule has 1 saturated heterocycles. The van der Waals surface area contributed by atoms with E-state index in [0.717, 1.165) is 70.6 Å². The largest absolute Gasteiger partial charge is 0.480 e. The van der Waals surface area contributed by atoms with E-state index in [4.69, 9.17) is 9.79 Å². The van der Waals surface area contributed by atoms with Crippen LogP contribution in [0.15, 0.2) is 0 Å². The van der Waals surface area contributed by atoms with E-state index in [2.05, 4.69) is 10.6 Å². The van der Waals surface area contributed by atoms with Crippen molar-refractivity contribution in [1.82, 2.24) is 15.5 Å². The summed E-state index contributed by atoms with van der Waals surface area (Å²) in [5, 5.41) is 14.5. The maximum Gasteiger partial charge on any atom is 0.359 e. The second-order valence-electron chi connectivity index (χ2n) is 13.2. The third kappa shape index (κ3) is 19.3. The monoisotopic (exact) mass is 691 g/mol. The van der Waals surface area contributed by atoms with Crippen LogP contribution < -0.4 is 10.6 Å². The zero-order chi connectivity index (χ0) is 35.2. The summed E-state index contributed by atoms with van der Waals surface area (Å²) in [5.74, 6) is -4.33. The maximum absolute atomic E-state index is 13.2. The fraction of sp³-hybridized carbons (Fsp3) is 0.848. The molecule has 0 saturated carbocycles. The molecule has 0 aromatic heterocycles. The van der Waals surface area contributed by atoms with Gasteiger partial charge in [-0.1, -0.05) is 90.9 Å². The van der Waals surface area contributed by atoms with Crippen LogP contribution in [-0.4, -0.2) is 74.4 Å². The number of rotatable bonds is 28. The number of halogens is 1. The molecular weight excluding hydrogens is 632 g/mol. The smallest absolute Gasteiger partial charge is 0.359 e. The third-order valence-electron chi connectivity index (χ3n) is 8.72. The minimum Gasteiger partial charge on any atom is -0.480 e. The molecule has 47 heavy (non-hydrogen) atoms. The molecule has 5 N–H and O–H groups in total. The van der Waals surface area contributed by atoms with E-state index in [0.29, 0.717) is 38.6 Å². The number of likely N-dealkylation sites (tertiary alicyclic amines) is 1. The lowest BCUT2D eigenvalue weighted by atomic mass is 9.94. The van der Waals surface area contributed by atoms with E-state index in [9.17, 15) is 38.0 Å². The molecule has 3 unspecified atom stereocenters. The summed E-state index contributed by atoms with van der Waals surface area (Å²) in [4.78, 5) is 79.3. The number of carbonyl (C=O) groups excluding carboxylic acids is 4. The summed E-state index contributed by atoms with van der Waals surface area (Å²) in [6.07, 6.45) is 14.9. The standard InChI is InChI=1S/C33H59FN3O9P/c1-25(2)26-23-31(40)37(32(26)41)22-18-14-17-20-29(38)35-24-27(33(42)43)36-30(39)21-16-13-11-9-7-5-3-4-6-8-10-12-15-19-28(34)47(44,45)46/h25-28H,3-24H2,1-2H3,(H,35,38)(H,36,39)(H,42,43)(H2,44,45,46). The van der Waals surface area contributed by atoms with Gasteiger partial charge in [-0.15, -0.1) is 0 Å². The summed E-state index contributed by atoms with van der Waals surface area (Å²) in [7, 11) is -4.60. The highest BCUT2D eigenvalue weighted by molar-refractivity contribution is 7.52. The number of nitrogens with zero attached hydrogens (tertiary/aromatic N) is 1. The van der Waals surface area contributed by atoms with E-state index in [1.165, 1.54) is 4.90 Å². The zero-order valence-corrected chi connectivity index (χ0v) is 29.3. The SMILES string of the molecule is CC(C)C1CC(=O)N(CCCCCC(=O)NCC(NC(=O)CCCCCCCCCCCCCCCC(F)P(=O)(O)O)C(=O)O)C1=O. The number of carbonyl (C=O) groups is 5. The minimum absolute atomic E-state index is 0.0868. The van der Waals surface area contributed by atoms with Crippen molar-refractivity contribution in [2.45, 2.75) is 154 Å². The normalized spacial score (nSPS) is 16.5. The lowest BCUT2D eigenvalue weighted by molar-refractivity contribution is -0.142. The van der Waals surface area contributed by atoms with Gasteiger partial charge in [-0.3, -0.25) is 28.6 Å². The molecule has 4 amide bonds. The molecule has 1 heterocycles. The van der Waals surface area contributed by atoms with Crippen molar-refractivity contribution < 1.29 is 47.8 Å². The Morgan fingerprint density at radius 3 is 1.74 bits per heavy atom. The van der Waals surface area contributed by atoms with Crippen molar-refractivity contribution in [2.75, 3.05) is 13.1 Å². The van der Waals surface area contributed by atoms with Crippen molar-refractivity contribution in [3.8, 4) is 0 Å². The van der Waals surface area contributed by atoms with E-state index in [1.54, 1.807) is 0 Å². The number of nitrogens with one attached hydrogen (secondary N) is 2. The number of alkyl halides is 1. The van der Waals surface area contributed by atoms with Gasteiger partial charge in [0.2, 0.25) is 29.5 Å². The fourth-order valence-corrected chi connectivity index (χ4v) is 6.20. The third-order valence-corrected chi connectivity index (χ3v) is 9.71. The van der Waals surface area contributed by atoms with Crippen LogP contribution in [0.25, 0.3) is 0 Å². The van der Waals surface area contributed by atoms with Crippen LogP contribution in [0.3, 0.4) is 0 Å². The Labute approximate surface area is 279 Å². The molecule has 0 aromatic rings. The van der Waals surface area contributed by atoms with E-state index in [1.807, 2.05) is 13.8 Å². The minimum atomic E-state index is -4.60. The topological polar surface area (TPSA) is 190 Å². The van der Waals surface area contributed by atoms with Crippen molar-refractivity contribution in [1.29, 1.82) is 0 Å². The van der Waals surface area contributed by atoms with Gasteiger partial charge in [0.1, 0.15) is 6.04 Å². The van der Waals surface area contributed by atoms with Gasteiger partial charge in [-0.25, -0.2) is 9.18 Å². The zero-order valence-electron chi connectivity index (χ0n) is 28.4. The average molecular weight is 692 g/mol. The number of aliphatic carboxylic acids is 1. The molecule has 1 rings (SSSR count). The molecule has 0 aromatic carbocycles. The first-order valence-corrected chi connectivity index (χ1v) is 19.2. The number of carboxylic acid groups (broad SMARTS) is 1. The first-order chi connectivity index (χ1) is 22.2. The Balaban J connectivity index is 2.02. The van der Waals surface area contributed by atoms with E-state index >= 15 is 0 Å². The molecule has 0 bridgehead atoms. The van der Waals surface area contributed by atoms with Crippen LogP contribution in [0.5, 0.6) is 0 Å². The van der Waals surface area contributed by atoms with Gasteiger partial charge in [0.25, 0.3) is 0 Å². The van der Waals surface area contributed by atoms with Crippen LogP contribution in [0.2, 0.25) is 0 Å². The summed E-state index contributed by atoms with van der Waals surface area (Å²) >= 11 is 0. The number of unbranched alkanes of at least 4 members (excludes halogenated alkanes) is 14. The van der Waals surface area contributed by atoms with Gasteiger partial charge in [0.05, 0.1) is 0 Å². The Morgan fingerprint density at radius 2 is 1.28 bits per heavy atom. The lowest BCUT2D eigenvalue weighted by Crippen LogP contribution is -2.48. The molecular formula is C33H59FN3O9P. The number of imide groups is 1. The molecule has 1 aliphatic rings. The summed E-state index contributed by atoms with van der Waals surface area (Å²) < 4.78 is 24.0. The van der Waals surface area contributed by atoms with Gasteiger partial charge in [-0.05, 0) is 38.0 Å². The summed E-state index contributed by atoms with van der Waals surface area (Å²) in [6.45, 7) is 4.00. The Kier molecular flexibility index (Phi) is 21.7. The predicted molar refractivity (Wildman–Crippen MR) is 177 cm³/mol. The first kappa shape index (κ1) is 42.7. The van der Waals surface area contributed by atoms with Crippen LogP contribution in [0.4, 0.5) is 4.39 Å². The van der Waals surface area contributed by atoms with Crippen molar-refractivity contribution >= 4 is 37.2 Å². The molecule has 3 atom stereocenters. The van der Waals surface area contributed by atoms with Gasteiger partial charge < -0.3 is 25.5 Å². The summed E-state index contributed by atoms with van der Waals surface area (Å²) in [5.41, 5.74) is 0. The number of hydrogen-bond donors (Lipinski definition) is 5. The van der Waals surface area contributed by atoms with Crippen molar-refractivity contribution in [3.05, 3.63) is 0 Å². The van der Waals surface area contributed by atoms with Crippen LogP contribution in [0, 0.1) is 11.8 Å². The quantitative estimate of drug-likeness (QED) is 0.0396. The van der Waals surface area contributed by atoms with Crippen LogP contribution >= 0.6 is 7.60 Å². The van der Waals surface area contributed by atoms with Crippen molar-refractivity contribution in [3.63, 3.8) is 0 Å². The first-order valence-electron chi connectivity index (χ1n) is 17.6. The molecule has 0 radical (unpaired) electrons. The second kappa shape index (κ2) is 23.9. The summed E-state index contributed by atoms with van der Waals surface area (Å²) in [6, 6.07) is -1.21. The van der Waals surface area contributed by atoms with Crippen LogP contribution in [-0.2, 0) is 28.5 Å². The molecule has 0 aliphatic carbocycles. The number of carboxylic acids is 1. The Morgan fingerprint density at radius 1 is 0.809 bits per heavy atom. The lowest BCUT2D eigenvalue weighted by Gasteiger charge is -2.16. The number of amides is 4. The predicted octanol–water partition coefficient (Wildman–Crippen LogP) is 5.59. The molecule has 12 nitrogen and oxygen atoms in total. The highest BCUT2D eigenvalue weighted by Crippen LogP contribution is 2.44. The number of hydrogen-bond acceptors (Lipinski definition) is 6. The van der Waals surface area contributed by atoms with Gasteiger partial charge in [-0.2, -0.15) is 0 Å². The Bertz CT molecular complexity index is 1020. The Hall–Kier alpha value is -2.37. The highest BCUT2D eigenvalue weighted by atomic mass is 31.2. The second-order valence-corrected chi connectivity index (χ2v) is 14.9. The fourth-order valence-electron chi connectivity index (χ4n) is 5.68. The molecule has 14 heteroatoms. The molecule has 1 fully saturated rings. The van der Waals surface area contributed by atoms with E-state index < -0.39 is 25.5 Å². The van der Waals surface area contributed by atoms with Crippen molar-refractivity contribution in [2.24, 2.45) is 11.8 Å². The van der Waals surface area contributed by atoms with Crippen LogP contribution in [0.1, 0.15) is 142 Å². The molecule has 1 aliphatic heterocycles.